The number of carbonyl (C=O) groups is 1. The number of benzene rings is 2. The van der Waals surface area contributed by atoms with Gasteiger partial charge >= 0.3 is 0 Å². The first kappa shape index (κ1) is 17.5. The van der Waals surface area contributed by atoms with Gasteiger partial charge in [-0.15, -0.1) is 0 Å². The second-order valence-corrected chi connectivity index (χ2v) is 7.48. The lowest BCUT2D eigenvalue weighted by Gasteiger charge is -2.18. The van der Waals surface area contributed by atoms with E-state index in [9.17, 15) is 4.79 Å². The summed E-state index contributed by atoms with van der Waals surface area (Å²) in [7, 11) is 0. The number of hydrogen-bond donors (Lipinski definition) is 0. The molecule has 26 heavy (non-hydrogen) atoms. The number of amidine groups is 1. The number of halogens is 2. The molecule has 2 heterocycles. The van der Waals surface area contributed by atoms with Crippen LogP contribution in [0.2, 0.25) is 10.0 Å². The van der Waals surface area contributed by atoms with E-state index < -0.39 is 0 Å². The van der Waals surface area contributed by atoms with Crippen molar-refractivity contribution in [3.8, 4) is 11.5 Å². The van der Waals surface area contributed by atoms with E-state index >= 15 is 0 Å². The summed E-state index contributed by atoms with van der Waals surface area (Å²) in [5.74, 6) is 1.81. The average Bonchev–Trinajstić information content (AvgIpc) is 3.30. The summed E-state index contributed by atoms with van der Waals surface area (Å²) >= 11 is 13.5. The largest absolute Gasteiger partial charge is 0.454 e. The number of amides is 1. The first-order valence-electron chi connectivity index (χ1n) is 7.94. The van der Waals surface area contributed by atoms with Crippen LogP contribution >= 0.6 is 35.0 Å². The SMILES string of the molecule is O=C(c1ccc2c(c1)OCO2)N1CCN=C1SCc1ccc(Cl)c(Cl)c1. The van der Waals surface area contributed by atoms with Crippen molar-refractivity contribution in [2.45, 2.75) is 5.75 Å². The first-order chi connectivity index (χ1) is 12.6. The van der Waals surface area contributed by atoms with E-state index in [-0.39, 0.29) is 12.7 Å². The molecule has 0 saturated carbocycles. The Morgan fingerprint density at radius 2 is 1.96 bits per heavy atom. The minimum Gasteiger partial charge on any atom is -0.454 e. The molecule has 1 amide bonds. The van der Waals surface area contributed by atoms with E-state index in [1.54, 1.807) is 29.2 Å². The number of ether oxygens (including phenoxy) is 2. The highest BCUT2D eigenvalue weighted by Crippen LogP contribution is 2.33. The number of aliphatic imine (C=N–C) groups is 1. The lowest BCUT2D eigenvalue weighted by molar-refractivity contribution is 0.0860. The average molecular weight is 409 g/mol. The number of nitrogens with zero attached hydrogens (tertiary/aromatic N) is 2. The van der Waals surface area contributed by atoms with Gasteiger partial charge in [0.1, 0.15) is 0 Å². The molecule has 0 aromatic heterocycles. The minimum atomic E-state index is -0.0961. The van der Waals surface area contributed by atoms with Crippen LogP contribution in [0.25, 0.3) is 0 Å². The van der Waals surface area contributed by atoms with Crippen molar-refractivity contribution in [2.24, 2.45) is 4.99 Å². The third-order valence-electron chi connectivity index (χ3n) is 4.02. The standard InChI is InChI=1S/C18H14Cl2N2O3S/c19-13-3-1-11(7-14(13)20)9-26-18-21-5-6-22(18)17(23)12-2-4-15-16(8-12)25-10-24-15/h1-4,7-8H,5-6,9-10H2. The van der Waals surface area contributed by atoms with E-state index in [2.05, 4.69) is 4.99 Å². The Morgan fingerprint density at radius 3 is 2.81 bits per heavy atom. The summed E-state index contributed by atoms with van der Waals surface area (Å²) in [6.45, 7) is 1.35. The maximum atomic E-state index is 12.9. The Kier molecular flexibility index (Phi) is 4.98. The maximum absolute atomic E-state index is 12.9. The second-order valence-electron chi connectivity index (χ2n) is 5.73. The van der Waals surface area contributed by atoms with Gasteiger partial charge in [0, 0.05) is 17.9 Å². The molecule has 2 aliphatic heterocycles. The Morgan fingerprint density at radius 1 is 1.12 bits per heavy atom. The number of hydrogen-bond acceptors (Lipinski definition) is 5. The number of thioether (sulfide) groups is 1. The van der Waals surface area contributed by atoms with Gasteiger partial charge in [-0.05, 0) is 35.9 Å². The zero-order valence-corrected chi connectivity index (χ0v) is 15.9. The predicted octanol–water partition coefficient (Wildman–Crippen LogP) is 4.47. The molecule has 0 saturated heterocycles. The summed E-state index contributed by atoms with van der Waals surface area (Å²) in [6, 6.07) is 10.7. The van der Waals surface area contributed by atoms with Gasteiger partial charge in [0.25, 0.3) is 5.91 Å². The van der Waals surface area contributed by atoms with Gasteiger partial charge < -0.3 is 9.47 Å². The molecule has 2 aliphatic rings. The Bertz CT molecular complexity index is 904. The molecule has 0 aliphatic carbocycles. The monoisotopic (exact) mass is 408 g/mol. The first-order valence-corrected chi connectivity index (χ1v) is 9.68. The van der Waals surface area contributed by atoms with Crippen molar-refractivity contribution in [1.82, 2.24) is 4.90 Å². The second kappa shape index (κ2) is 7.39. The van der Waals surface area contributed by atoms with Crippen LogP contribution in [-0.2, 0) is 5.75 Å². The van der Waals surface area contributed by atoms with Gasteiger partial charge in [-0.1, -0.05) is 41.0 Å². The van der Waals surface area contributed by atoms with E-state index in [1.165, 1.54) is 11.8 Å². The lowest BCUT2D eigenvalue weighted by atomic mass is 10.2. The molecular weight excluding hydrogens is 395 g/mol. The molecule has 8 heteroatoms. The van der Waals surface area contributed by atoms with Crippen molar-refractivity contribution >= 4 is 46.0 Å². The Labute approximate surface area is 164 Å². The highest BCUT2D eigenvalue weighted by atomic mass is 35.5. The highest BCUT2D eigenvalue weighted by Gasteiger charge is 2.26. The molecular formula is C18H14Cl2N2O3S. The fourth-order valence-corrected chi connectivity index (χ4v) is 4.01. The minimum absolute atomic E-state index is 0.0961. The third kappa shape index (κ3) is 3.49. The van der Waals surface area contributed by atoms with E-state index in [0.717, 1.165) is 5.56 Å². The molecule has 134 valence electrons. The zero-order valence-electron chi connectivity index (χ0n) is 13.6. The van der Waals surface area contributed by atoms with Gasteiger partial charge in [-0.3, -0.25) is 14.7 Å². The van der Waals surface area contributed by atoms with Crippen molar-refractivity contribution in [3.63, 3.8) is 0 Å². The van der Waals surface area contributed by atoms with E-state index in [0.29, 0.717) is 51.1 Å². The normalized spacial score (nSPS) is 15.3. The van der Waals surface area contributed by atoms with Crippen LogP contribution in [0.3, 0.4) is 0 Å². The van der Waals surface area contributed by atoms with E-state index in [1.807, 2.05) is 12.1 Å². The van der Waals surface area contributed by atoms with Gasteiger partial charge in [0.15, 0.2) is 16.7 Å². The van der Waals surface area contributed by atoms with Crippen LogP contribution in [0.5, 0.6) is 11.5 Å². The molecule has 0 bridgehead atoms. The Balaban J connectivity index is 1.45. The number of fused-ring (bicyclic) bond motifs is 1. The molecule has 0 unspecified atom stereocenters. The molecule has 2 aromatic carbocycles. The topological polar surface area (TPSA) is 51.1 Å². The van der Waals surface area contributed by atoms with Gasteiger partial charge in [-0.2, -0.15) is 0 Å². The highest BCUT2D eigenvalue weighted by molar-refractivity contribution is 8.13. The number of rotatable bonds is 3. The smallest absolute Gasteiger partial charge is 0.260 e. The van der Waals surface area contributed by atoms with Crippen LogP contribution in [0.4, 0.5) is 0 Å². The summed E-state index contributed by atoms with van der Waals surface area (Å²) < 4.78 is 10.6. The van der Waals surface area contributed by atoms with Crippen molar-refractivity contribution in [1.29, 1.82) is 0 Å². The van der Waals surface area contributed by atoms with Gasteiger partial charge in [0.2, 0.25) is 6.79 Å². The van der Waals surface area contributed by atoms with Crippen LogP contribution in [0.1, 0.15) is 15.9 Å². The zero-order chi connectivity index (χ0) is 18.1. The fourth-order valence-electron chi connectivity index (χ4n) is 2.70. The molecule has 2 aromatic rings. The third-order valence-corrected chi connectivity index (χ3v) is 5.84. The summed E-state index contributed by atoms with van der Waals surface area (Å²) in [5, 5.41) is 1.75. The molecule has 0 spiro atoms. The molecule has 5 nitrogen and oxygen atoms in total. The summed E-state index contributed by atoms with van der Waals surface area (Å²) in [6.07, 6.45) is 0. The van der Waals surface area contributed by atoms with Crippen LogP contribution < -0.4 is 9.47 Å². The van der Waals surface area contributed by atoms with E-state index in [4.69, 9.17) is 32.7 Å². The predicted molar refractivity (Wildman–Crippen MR) is 104 cm³/mol. The number of carbonyl (C=O) groups excluding carboxylic acids is 1. The molecule has 0 radical (unpaired) electrons. The Hall–Kier alpha value is -1.89. The summed E-state index contributed by atoms with van der Waals surface area (Å²) in [4.78, 5) is 19.0. The fraction of sp³-hybridized carbons (Fsp3) is 0.222. The molecule has 0 atom stereocenters. The van der Waals surface area contributed by atoms with Gasteiger partial charge in [0.05, 0.1) is 16.6 Å². The van der Waals surface area contributed by atoms with Crippen LogP contribution in [0, 0.1) is 0 Å². The van der Waals surface area contributed by atoms with Crippen molar-refractivity contribution < 1.29 is 14.3 Å². The quantitative estimate of drug-likeness (QED) is 0.751. The molecule has 0 N–H and O–H groups in total. The summed E-state index contributed by atoms with van der Waals surface area (Å²) in [5.41, 5.74) is 1.58. The van der Waals surface area contributed by atoms with Crippen molar-refractivity contribution in [3.05, 3.63) is 57.6 Å². The lowest BCUT2D eigenvalue weighted by Crippen LogP contribution is -2.32. The molecule has 0 fully saturated rings. The molecule has 4 rings (SSSR count). The van der Waals surface area contributed by atoms with Crippen LogP contribution in [-0.4, -0.2) is 35.9 Å². The van der Waals surface area contributed by atoms with Crippen molar-refractivity contribution in [2.75, 3.05) is 19.9 Å². The van der Waals surface area contributed by atoms with Crippen LogP contribution in [0.15, 0.2) is 41.4 Å². The van der Waals surface area contributed by atoms with Gasteiger partial charge in [-0.25, -0.2) is 0 Å². The maximum Gasteiger partial charge on any atom is 0.260 e.